The van der Waals surface area contributed by atoms with Crippen LogP contribution in [-0.4, -0.2) is 21.3 Å². The number of aliphatic hydroxyl groups excluding tert-OH is 1. The molecule has 3 aromatic rings. The van der Waals surface area contributed by atoms with E-state index < -0.39 is 0 Å². The van der Waals surface area contributed by atoms with Gasteiger partial charge in [0, 0.05) is 29.8 Å². The van der Waals surface area contributed by atoms with Gasteiger partial charge in [-0.3, -0.25) is 9.36 Å². The van der Waals surface area contributed by atoms with Gasteiger partial charge in [0.2, 0.25) is 0 Å². The van der Waals surface area contributed by atoms with Crippen LogP contribution in [0.4, 0.5) is 0 Å². The molecule has 3 rings (SSSR count). The largest absolute Gasteiger partial charge is 0.396 e. The third-order valence-corrected chi connectivity index (χ3v) is 4.32. The average Bonchev–Trinajstić information content (AvgIpc) is 2.63. The Morgan fingerprint density at radius 3 is 2.32 bits per heavy atom. The molecule has 0 saturated heterocycles. The van der Waals surface area contributed by atoms with Crippen molar-refractivity contribution in [3.05, 3.63) is 87.3 Å². The number of aliphatic hydroxyl groups is 1. The molecule has 0 aliphatic carbocycles. The third-order valence-electron chi connectivity index (χ3n) is 4.32. The molecule has 128 valence electrons. The molecule has 2 aromatic carbocycles. The van der Waals surface area contributed by atoms with Gasteiger partial charge < -0.3 is 5.11 Å². The number of aryl methyl sites for hydroxylation is 2. The van der Waals surface area contributed by atoms with Crippen LogP contribution in [0.5, 0.6) is 0 Å². The van der Waals surface area contributed by atoms with E-state index >= 15 is 0 Å². The predicted octanol–water partition coefficient (Wildman–Crippen LogP) is 3.11. The van der Waals surface area contributed by atoms with Crippen molar-refractivity contribution in [1.29, 1.82) is 0 Å². The van der Waals surface area contributed by atoms with E-state index in [0.717, 1.165) is 11.1 Å². The van der Waals surface area contributed by atoms with Crippen molar-refractivity contribution in [2.45, 2.75) is 26.8 Å². The quantitative estimate of drug-likeness (QED) is 0.780. The Morgan fingerprint density at radius 1 is 1.00 bits per heavy atom. The van der Waals surface area contributed by atoms with Gasteiger partial charge in [-0.25, -0.2) is 4.98 Å². The van der Waals surface area contributed by atoms with E-state index in [1.807, 2.05) is 68.4 Å². The van der Waals surface area contributed by atoms with E-state index in [1.165, 1.54) is 5.56 Å². The summed E-state index contributed by atoms with van der Waals surface area (Å²) < 4.78 is 1.71. The molecule has 0 radical (unpaired) electrons. The van der Waals surface area contributed by atoms with Gasteiger partial charge >= 0.3 is 0 Å². The Morgan fingerprint density at radius 2 is 1.68 bits per heavy atom. The third kappa shape index (κ3) is 3.69. The Hall–Kier alpha value is -2.72. The molecule has 1 aromatic heterocycles. The van der Waals surface area contributed by atoms with Gasteiger partial charge in [0.05, 0.1) is 6.54 Å². The highest BCUT2D eigenvalue weighted by Crippen LogP contribution is 2.18. The van der Waals surface area contributed by atoms with Crippen molar-refractivity contribution < 1.29 is 5.11 Å². The van der Waals surface area contributed by atoms with Crippen molar-refractivity contribution in [2.75, 3.05) is 6.61 Å². The van der Waals surface area contributed by atoms with Crippen molar-refractivity contribution in [2.24, 2.45) is 0 Å². The molecule has 0 unspecified atom stereocenters. The second kappa shape index (κ2) is 7.45. The molecule has 0 spiro atoms. The van der Waals surface area contributed by atoms with E-state index in [4.69, 9.17) is 0 Å². The fraction of sp³-hybridized carbons (Fsp3) is 0.238. The van der Waals surface area contributed by atoms with E-state index in [-0.39, 0.29) is 12.2 Å². The fourth-order valence-corrected chi connectivity index (χ4v) is 2.93. The molecule has 0 bridgehead atoms. The molecule has 4 nitrogen and oxygen atoms in total. The topological polar surface area (TPSA) is 55.1 Å². The maximum atomic E-state index is 13.1. The van der Waals surface area contributed by atoms with Crippen LogP contribution in [0.15, 0.2) is 59.4 Å². The zero-order chi connectivity index (χ0) is 17.8. The molecule has 0 fully saturated rings. The molecule has 0 amide bonds. The monoisotopic (exact) mass is 334 g/mol. The summed E-state index contributed by atoms with van der Waals surface area (Å²) in [5.74, 6) is 0.658. The van der Waals surface area contributed by atoms with Gasteiger partial charge in [-0.2, -0.15) is 0 Å². The molecule has 25 heavy (non-hydrogen) atoms. The van der Waals surface area contributed by atoms with Crippen molar-refractivity contribution in [1.82, 2.24) is 9.55 Å². The van der Waals surface area contributed by atoms with Gasteiger partial charge in [0.15, 0.2) is 0 Å². The molecule has 1 N–H and O–H groups in total. The minimum atomic E-state index is -0.0824. The minimum absolute atomic E-state index is 0.0625. The number of hydrogen-bond acceptors (Lipinski definition) is 3. The van der Waals surface area contributed by atoms with E-state index in [1.54, 1.807) is 4.57 Å². The highest BCUT2D eigenvalue weighted by atomic mass is 16.3. The summed E-state index contributed by atoms with van der Waals surface area (Å²) in [6.07, 6.45) is 0.320. The van der Waals surface area contributed by atoms with Gasteiger partial charge in [-0.15, -0.1) is 0 Å². The fourth-order valence-electron chi connectivity index (χ4n) is 2.93. The first kappa shape index (κ1) is 17.1. The zero-order valence-corrected chi connectivity index (χ0v) is 14.6. The summed E-state index contributed by atoms with van der Waals surface area (Å²) >= 11 is 0. The first-order chi connectivity index (χ1) is 12.1. The maximum Gasteiger partial charge on any atom is 0.257 e. The second-order valence-electron chi connectivity index (χ2n) is 6.22. The van der Waals surface area contributed by atoms with Crippen LogP contribution < -0.4 is 5.56 Å². The summed E-state index contributed by atoms with van der Waals surface area (Å²) in [5.41, 5.74) is 4.31. The Balaban J connectivity index is 2.17. The lowest BCUT2D eigenvalue weighted by Gasteiger charge is -2.16. The first-order valence-electron chi connectivity index (χ1n) is 8.42. The summed E-state index contributed by atoms with van der Waals surface area (Å²) in [6, 6.07) is 17.9. The van der Waals surface area contributed by atoms with E-state index in [0.29, 0.717) is 30.0 Å². The van der Waals surface area contributed by atoms with Crippen LogP contribution in [0.3, 0.4) is 0 Å². The molecule has 1 heterocycles. The van der Waals surface area contributed by atoms with Crippen LogP contribution in [0.2, 0.25) is 0 Å². The number of benzene rings is 2. The molecule has 0 aliphatic rings. The average molecular weight is 334 g/mol. The van der Waals surface area contributed by atoms with Crippen LogP contribution >= 0.6 is 0 Å². The Labute approximate surface area is 147 Å². The summed E-state index contributed by atoms with van der Waals surface area (Å²) in [4.78, 5) is 17.7. The van der Waals surface area contributed by atoms with Crippen molar-refractivity contribution in [3.8, 4) is 11.4 Å². The second-order valence-corrected chi connectivity index (χ2v) is 6.22. The molecule has 0 aliphatic heterocycles. The number of rotatable bonds is 5. The number of hydrogen-bond donors (Lipinski definition) is 1. The SMILES string of the molecule is Cc1ccc(Cn2c(-c3ccccc3)nc(C)c(CCO)c2=O)cc1. The minimum Gasteiger partial charge on any atom is -0.396 e. The highest BCUT2D eigenvalue weighted by molar-refractivity contribution is 5.56. The Kier molecular flexibility index (Phi) is 5.10. The van der Waals surface area contributed by atoms with Crippen LogP contribution in [-0.2, 0) is 13.0 Å². The number of nitrogens with zero attached hydrogens (tertiary/aromatic N) is 2. The lowest BCUT2D eigenvalue weighted by molar-refractivity contribution is 0.298. The van der Waals surface area contributed by atoms with Gasteiger partial charge in [0.25, 0.3) is 5.56 Å². The molecule has 0 atom stereocenters. The highest BCUT2D eigenvalue weighted by Gasteiger charge is 2.15. The van der Waals surface area contributed by atoms with Crippen LogP contribution in [0, 0.1) is 13.8 Å². The van der Waals surface area contributed by atoms with Gasteiger partial charge in [-0.05, 0) is 19.4 Å². The normalized spacial score (nSPS) is 10.8. The van der Waals surface area contributed by atoms with E-state index in [9.17, 15) is 9.90 Å². The van der Waals surface area contributed by atoms with Gasteiger partial charge in [-0.1, -0.05) is 60.2 Å². The maximum absolute atomic E-state index is 13.1. The smallest absolute Gasteiger partial charge is 0.257 e. The van der Waals surface area contributed by atoms with Crippen molar-refractivity contribution in [3.63, 3.8) is 0 Å². The van der Waals surface area contributed by atoms with Gasteiger partial charge in [0.1, 0.15) is 5.82 Å². The zero-order valence-electron chi connectivity index (χ0n) is 14.6. The standard InChI is InChI=1S/C21H22N2O2/c1-15-8-10-17(11-9-15)14-23-20(18-6-4-3-5-7-18)22-16(2)19(12-13-24)21(23)25/h3-11,24H,12-14H2,1-2H3. The first-order valence-corrected chi connectivity index (χ1v) is 8.42. The lowest BCUT2D eigenvalue weighted by Crippen LogP contribution is -2.29. The lowest BCUT2D eigenvalue weighted by atomic mass is 10.1. The molecular formula is C21H22N2O2. The summed E-state index contributed by atoms with van der Waals surface area (Å²) in [7, 11) is 0. The molecule has 0 saturated carbocycles. The van der Waals surface area contributed by atoms with Crippen molar-refractivity contribution >= 4 is 0 Å². The molecule has 4 heteroatoms. The summed E-state index contributed by atoms with van der Waals surface area (Å²) in [6.45, 7) is 4.26. The molecular weight excluding hydrogens is 312 g/mol. The number of aromatic nitrogens is 2. The Bertz CT molecular complexity index is 913. The van der Waals surface area contributed by atoms with Crippen LogP contribution in [0.25, 0.3) is 11.4 Å². The van der Waals surface area contributed by atoms with E-state index in [2.05, 4.69) is 4.98 Å². The predicted molar refractivity (Wildman–Crippen MR) is 99.7 cm³/mol. The van der Waals surface area contributed by atoms with Crippen LogP contribution in [0.1, 0.15) is 22.4 Å². The summed E-state index contributed by atoms with van der Waals surface area (Å²) in [5, 5.41) is 9.29.